The van der Waals surface area contributed by atoms with Gasteiger partial charge >= 0.3 is 0 Å². The van der Waals surface area contributed by atoms with E-state index < -0.39 is 16.1 Å². The Morgan fingerprint density at radius 1 is 1.18 bits per heavy atom. The Bertz CT molecular complexity index is 931. The molecule has 8 heteroatoms. The van der Waals surface area contributed by atoms with Crippen LogP contribution in [0.3, 0.4) is 0 Å². The molecule has 0 bridgehead atoms. The molecule has 5 nitrogen and oxygen atoms in total. The lowest BCUT2D eigenvalue weighted by molar-refractivity contribution is -0.121. The highest BCUT2D eigenvalue weighted by atomic mass is 35.5. The van der Waals surface area contributed by atoms with E-state index in [0.717, 1.165) is 21.0 Å². The normalized spacial score (nSPS) is 12.5. The number of carbonyl (C=O) groups is 1. The molecule has 0 saturated heterocycles. The molecule has 0 saturated carbocycles. The highest BCUT2D eigenvalue weighted by Crippen LogP contribution is 2.26. The molecule has 0 aromatic heterocycles. The maximum atomic E-state index is 12.6. The number of hydrogen-bond acceptors (Lipinski definition) is 4. The molecule has 2 rings (SSSR count). The number of rotatable bonds is 8. The predicted molar refractivity (Wildman–Crippen MR) is 118 cm³/mol. The number of nitrogens with zero attached hydrogens (tertiary/aromatic N) is 1. The highest BCUT2D eigenvalue weighted by molar-refractivity contribution is 7.99. The maximum absolute atomic E-state index is 12.6. The third kappa shape index (κ3) is 6.15. The summed E-state index contributed by atoms with van der Waals surface area (Å²) >= 11 is 7.77. The van der Waals surface area contributed by atoms with Gasteiger partial charge < -0.3 is 5.32 Å². The van der Waals surface area contributed by atoms with Crippen molar-refractivity contribution in [3.63, 3.8) is 0 Å². The van der Waals surface area contributed by atoms with E-state index in [-0.39, 0.29) is 5.91 Å². The van der Waals surface area contributed by atoms with Crippen molar-refractivity contribution in [1.82, 2.24) is 5.32 Å². The third-order valence-electron chi connectivity index (χ3n) is 4.19. The van der Waals surface area contributed by atoms with Gasteiger partial charge in [0.15, 0.2) is 0 Å². The summed E-state index contributed by atoms with van der Waals surface area (Å²) in [6.07, 6.45) is 1.08. The number of amides is 1. The zero-order valence-electron chi connectivity index (χ0n) is 16.4. The Morgan fingerprint density at radius 2 is 1.82 bits per heavy atom. The number of aryl methyl sites for hydroxylation is 2. The minimum Gasteiger partial charge on any atom is -0.353 e. The van der Waals surface area contributed by atoms with Crippen LogP contribution in [0.15, 0.2) is 47.4 Å². The molecule has 0 spiro atoms. The van der Waals surface area contributed by atoms with Gasteiger partial charge in [-0.1, -0.05) is 35.4 Å². The Hall–Kier alpha value is -1.70. The molecular weight excluding hydrogens is 416 g/mol. The van der Waals surface area contributed by atoms with Crippen LogP contribution in [0.25, 0.3) is 0 Å². The van der Waals surface area contributed by atoms with Crippen LogP contribution in [0.2, 0.25) is 5.02 Å². The van der Waals surface area contributed by atoms with Crippen LogP contribution < -0.4 is 9.62 Å². The van der Waals surface area contributed by atoms with Gasteiger partial charge in [0.25, 0.3) is 0 Å². The summed E-state index contributed by atoms with van der Waals surface area (Å²) in [6, 6.07) is 12.2. The average molecular weight is 441 g/mol. The van der Waals surface area contributed by atoms with Gasteiger partial charge in [-0.3, -0.25) is 9.10 Å². The zero-order chi connectivity index (χ0) is 20.9. The number of halogens is 1. The van der Waals surface area contributed by atoms with Crippen LogP contribution in [0.1, 0.15) is 18.1 Å². The molecule has 1 atom stereocenters. The van der Waals surface area contributed by atoms with Crippen molar-refractivity contribution in [2.75, 3.05) is 22.9 Å². The van der Waals surface area contributed by atoms with E-state index in [4.69, 9.17) is 11.6 Å². The van der Waals surface area contributed by atoms with E-state index >= 15 is 0 Å². The molecule has 2 aromatic rings. The Kier molecular flexibility index (Phi) is 7.80. The summed E-state index contributed by atoms with van der Waals surface area (Å²) in [5.41, 5.74) is 2.41. The smallest absolute Gasteiger partial charge is 0.243 e. The van der Waals surface area contributed by atoms with Crippen molar-refractivity contribution >= 4 is 45.0 Å². The molecule has 0 aliphatic rings. The largest absolute Gasteiger partial charge is 0.353 e. The molecule has 28 heavy (non-hydrogen) atoms. The molecule has 0 heterocycles. The Morgan fingerprint density at radius 3 is 2.39 bits per heavy atom. The summed E-state index contributed by atoms with van der Waals surface area (Å²) in [5, 5.41) is 3.27. The second kappa shape index (κ2) is 9.67. The number of thioether (sulfide) groups is 1. The number of benzene rings is 2. The van der Waals surface area contributed by atoms with Crippen molar-refractivity contribution in [1.29, 1.82) is 0 Å². The van der Waals surface area contributed by atoms with Crippen LogP contribution in [-0.2, 0) is 14.8 Å². The van der Waals surface area contributed by atoms with Crippen molar-refractivity contribution in [2.24, 2.45) is 0 Å². The Labute approximate surface area is 176 Å². The van der Waals surface area contributed by atoms with Crippen molar-refractivity contribution in [3.8, 4) is 0 Å². The fraction of sp³-hybridized carbons (Fsp3) is 0.350. The van der Waals surface area contributed by atoms with Crippen LogP contribution in [0.4, 0.5) is 5.69 Å². The van der Waals surface area contributed by atoms with Gasteiger partial charge in [-0.05, 0) is 50.6 Å². The molecule has 0 radical (unpaired) electrons. The second-order valence-electron chi connectivity index (χ2n) is 6.62. The lowest BCUT2D eigenvalue weighted by atomic mass is 10.2. The lowest BCUT2D eigenvalue weighted by Gasteiger charge is -2.28. The van der Waals surface area contributed by atoms with E-state index in [1.807, 2.05) is 38.1 Å². The fourth-order valence-corrected chi connectivity index (χ4v) is 4.76. The van der Waals surface area contributed by atoms with Gasteiger partial charge in [-0.2, -0.15) is 0 Å². The summed E-state index contributed by atoms with van der Waals surface area (Å²) < 4.78 is 25.7. The van der Waals surface area contributed by atoms with Gasteiger partial charge in [0.05, 0.1) is 11.9 Å². The minimum absolute atomic E-state index is 0.355. The molecule has 0 aliphatic heterocycles. The number of anilines is 1. The van der Waals surface area contributed by atoms with E-state index in [1.165, 1.54) is 5.56 Å². The van der Waals surface area contributed by atoms with Crippen molar-refractivity contribution in [2.45, 2.75) is 31.7 Å². The van der Waals surface area contributed by atoms with Crippen LogP contribution in [0.5, 0.6) is 0 Å². The van der Waals surface area contributed by atoms with Crippen molar-refractivity contribution in [3.05, 3.63) is 58.6 Å². The topological polar surface area (TPSA) is 66.5 Å². The van der Waals surface area contributed by atoms with Crippen LogP contribution in [0, 0.1) is 13.8 Å². The first-order valence-corrected chi connectivity index (χ1v) is 12.0. The maximum Gasteiger partial charge on any atom is 0.243 e. The fourth-order valence-electron chi connectivity index (χ4n) is 2.65. The van der Waals surface area contributed by atoms with Gasteiger partial charge in [0, 0.05) is 22.2 Å². The quantitative estimate of drug-likeness (QED) is 0.497. The van der Waals surface area contributed by atoms with E-state index in [9.17, 15) is 13.2 Å². The predicted octanol–water partition coefficient (Wildman–Crippen LogP) is 4.02. The molecular formula is C20H25ClN2O3S2. The SMILES string of the molecule is Cc1ccc(SCCNC(=O)[C@@H](C)N(c2ccc(C)c(Cl)c2)S(C)(=O)=O)cc1. The molecule has 152 valence electrons. The highest BCUT2D eigenvalue weighted by Gasteiger charge is 2.29. The van der Waals surface area contributed by atoms with Gasteiger partial charge in [0.2, 0.25) is 15.9 Å². The van der Waals surface area contributed by atoms with E-state index in [1.54, 1.807) is 36.9 Å². The number of sulfonamides is 1. The minimum atomic E-state index is -3.66. The average Bonchev–Trinajstić information content (AvgIpc) is 2.62. The summed E-state index contributed by atoms with van der Waals surface area (Å²) in [6.45, 7) is 5.87. The molecule has 1 N–H and O–H groups in total. The molecule has 0 fully saturated rings. The standard InChI is InChI=1S/C20H25ClN2O3S2/c1-14-5-9-18(10-6-14)27-12-11-22-20(24)16(3)23(28(4,25)26)17-8-7-15(2)19(21)13-17/h5-10,13,16H,11-12H2,1-4H3,(H,22,24)/t16-/m1/s1. The summed E-state index contributed by atoms with van der Waals surface area (Å²) in [4.78, 5) is 13.7. The molecule has 0 aliphatic carbocycles. The first-order valence-electron chi connectivity index (χ1n) is 8.82. The van der Waals surface area contributed by atoms with E-state index in [2.05, 4.69) is 5.32 Å². The zero-order valence-corrected chi connectivity index (χ0v) is 18.8. The molecule has 0 unspecified atom stereocenters. The number of carbonyl (C=O) groups excluding carboxylic acids is 1. The monoisotopic (exact) mass is 440 g/mol. The van der Waals surface area contributed by atoms with Gasteiger partial charge in [-0.25, -0.2) is 8.42 Å². The van der Waals surface area contributed by atoms with Crippen molar-refractivity contribution < 1.29 is 13.2 Å². The lowest BCUT2D eigenvalue weighted by Crippen LogP contribution is -2.48. The number of nitrogens with one attached hydrogen (secondary N) is 1. The van der Waals surface area contributed by atoms with Crippen LogP contribution >= 0.6 is 23.4 Å². The molecule has 2 aromatic carbocycles. The van der Waals surface area contributed by atoms with E-state index in [0.29, 0.717) is 23.0 Å². The third-order valence-corrected chi connectivity index (χ3v) is 6.85. The second-order valence-corrected chi connectivity index (χ2v) is 10.1. The van der Waals surface area contributed by atoms with Gasteiger partial charge in [0.1, 0.15) is 6.04 Å². The summed E-state index contributed by atoms with van der Waals surface area (Å²) in [5.74, 6) is 0.336. The van der Waals surface area contributed by atoms with Crippen LogP contribution in [-0.4, -0.2) is 38.9 Å². The van der Waals surface area contributed by atoms with Gasteiger partial charge in [-0.15, -0.1) is 11.8 Å². The summed E-state index contributed by atoms with van der Waals surface area (Å²) in [7, 11) is -3.66. The first-order chi connectivity index (χ1) is 13.1. The molecule has 1 amide bonds. The Balaban J connectivity index is 2.01. The number of hydrogen-bond donors (Lipinski definition) is 1. The first kappa shape index (κ1) is 22.6.